The molecule has 1 aromatic rings. The highest BCUT2D eigenvalue weighted by molar-refractivity contribution is 9.10. The third kappa shape index (κ3) is 2.46. The number of nitrogens with zero attached hydrogens (tertiary/aromatic N) is 1. The largest absolute Gasteiger partial charge is 0.389 e. The highest BCUT2D eigenvalue weighted by Gasteiger charge is 2.37. The number of aliphatic hydroxyl groups is 2. The van der Waals surface area contributed by atoms with Crippen LogP contribution in [-0.2, 0) is 10.0 Å². The van der Waals surface area contributed by atoms with Crippen molar-refractivity contribution in [3.63, 3.8) is 0 Å². The van der Waals surface area contributed by atoms with E-state index in [9.17, 15) is 18.6 Å². The minimum Gasteiger partial charge on any atom is -0.389 e. The molecule has 1 saturated heterocycles. The van der Waals surface area contributed by atoms with Crippen LogP contribution in [0, 0.1) is 6.92 Å². The first-order chi connectivity index (χ1) is 8.32. The number of aryl methyl sites for hydroxylation is 1. The summed E-state index contributed by atoms with van der Waals surface area (Å²) in [5, 5.41) is 18.8. The van der Waals surface area contributed by atoms with Crippen LogP contribution >= 0.6 is 15.9 Å². The molecule has 0 spiro atoms. The number of β-amino-alcohol motifs (C(OH)–C–C–N with tert-alkyl or cyclic N) is 2. The molecule has 18 heavy (non-hydrogen) atoms. The van der Waals surface area contributed by atoms with E-state index in [1.165, 1.54) is 6.07 Å². The predicted molar refractivity (Wildman–Crippen MR) is 69.7 cm³/mol. The topological polar surface area (TPSA) is 77.8 Å². The van der Waals surface area contributed by atoms with Crippen LogP contribution in [0.2, 0.25) is 0 Å². The van der Waals surface area contributed by atoms with Gasteiger partial charge in [-0.05, 0) is 30.7 Å². The Labute approximate surface area is 114 Å². The van der Waals surface area contributed by atoms with Crippen LogP contribution in [0.25, 0.3) is 0 Å². The summed E-state index contributed by atoms with van der Waals surface area (Å²) in [7, 11) is -3.65. The molecule has 0 aliphatic carbocycles. The molecule has 2 N–H and O–H groups in total. The SMILES string of the molecule is Cc1cc(S(=O)(=O)N2CC(O)C(O)C2)ccc1Br. The van der Waals surface area contributed by atoms with Crippen molar-refractivity contribution in [2.75, 3.05) is 13.1 Å². The summed E-state index contributed by atoms with van der Waals surface area (Å²) in [5.41, 5.74) is 0.816. The van der Waals surface area contributed by atoms with Gasteiger partial charge in [-0.15, -0.1) is 0 Å². The summed E-state index contributed by atoms with van der Waals surface area (Å²) in [6.07, 6.45) is -2.03. The second-order valence-corrected chi connectivity index (χ2v) is 7.16. The van der Waals surface area contributed by atoms with Gasteiger partial charge in [0.05, 0.1) is 17.1 Å². The first kappa shape index (κ1) is 14.0. The second kappa shape index (κ2) is 4.90. The summed E-state index contributed by atoms with van der Waals surface area (Å²) >= 11 is 3.31. The number of sulfonamides is 1. The van der Waals surface area contributed by atoms with Crippen molar-refractivity contribution in [3.8, 4) is 0 Å². The normalized spacial score (nSPS) is 25.6. The van der Waals surface area contributed by atoms with Gasteiger partial charge in [0.2, 0.25) is 10.0 Å². The first-order valence-corrected chi connectivity index (χ1v) is 7.68. The zero-order chi connectivity index (χ0) is 13.5. The first-order valence-electron chi connectivity index (χ1n) is 5.45. The molecule has 5 nitrogen and oxygen atoms in total. The Morgan fingerprint density at radius 2 is 1.83 bits per heavy atom. The number of aliphatic hydroxyl groups excluding tert-OH is 2. The standard InChI is InChI=1S/C11H14BrNO4S/c1-7-4-8(2-3-9(7)12)18(16,17)13-5-10(14)11(15)6-13/h2-4,10-11,14-15H,5-6H2,1H3. The average Bonchev–Trinajstić information content (AvgIpc) is 2.64. The van der Waals surface area contributed by atoms with Crippen LogP contribution in [0.15, 0.2) is 27.6 Å². The van der Waals surface area contributed by atoms with E-state index in [1.807, 2.05) is 0 Å². The predicted octanol–water partition coefficient (Wildman–Crippen LogP) is 0.484. The smallest absolute Gasteiger partial charge is 0.243 e. The van der Waals surface area contributed by atoms with Crippen molar-refractivity contribution in [2.45, 2.75) is 24.0 Å². The fourth-order valence-corrected chi connectivity index (χ4v) is 3.67. The van der Waals surface area contributed by atoms with Crippen molar-refractivity contribution in [2.24, 2.45) is 0 Å². The summed E-state index contributed by atoms with van der Waals surface area (Å²) in [6, 6.07) is 4.74. The van der Waals surface area contributed by atoms with E-state index in [0.29, 0.717) is 0 Å². The Hall–Kier alpha value is -0.470. The lowest BCUT2D eigenvalue weighted by Crippen LogP contribution is -2.30. The van der Waals surface area contributed by atoms with Gasteiger partial charge in [-0.2, -0.15) is 4.31 Å². The minimum atomic E-state index is -3.65. The van der Waals surface area contributed by atoms with Gasteiger partial charge < -0.3 is 10.2 Å². The van der Waals surface area contributed by atoms with Gasteiger partial charge >= 0.3 is 0 Å². The fraction of sp³-hybridized carbons (Fsp3) is 0.455. The van der Waals surface area contributed by atoms with Crippen molar-refractivity contribution in [1.29, 1.82) is 0 Å². The van der Waals surface area contributed by atoms with Crippen LogP contribution in [0.5, 0.6) is 0 Å². The maximum atomic E-state index is 12.3. The number of rotatable bonds is 2. The van der Waals surface area contributed by atoms with E-state index in [1.54, 1.807) is 19.1 Å². The lowest BCUT2D eigenvalue weighted by Gasteiger charge is -2.16. The molecule has 0 aromatic heterocycles. The van der Waals surface area contributed by atoms with Gasteiger partial charge in [0.25, 0.3) is 0 Å². The third-order valence-corrected chi connectivity index (χ3v) is 5.71. The van der Waals surface area contributed by atoms with E-state index < -0.39 is 22.2 Å². The lowest BCUT2D eigenvalue weighted by atomic mass is 10.2. The molecule has 100 valence electrons. The number of benzene rings is 1. The van der Waals surface area contributed by atoms with Crippen LogP contribution in [0.3, 0.4) is 0 Å². The lowest BCUT2D eigenvalue weighted by molar-refractivity contribution is 0.0572. The zero-order valence-corrected chi connectivity index (χ0v) is 12.1. The molecular formula is C11H14BrNO4S. The Morgan fingerprint density at radius 1 is 1.28 bits per heavy atom. The van der Waals surface area contributed by atoms with E-state index >= 15 is 0 Å². The molecule has 2 rings (SSSR count). The number of halogens is 1. The third-order valence-electron chi connectivity index (χ3n) is 2.99. The minimum absolute atomic E-state index is 0.0708. The molecule has 1 aromatic carbocycles. The fourth-order valence-electron chi connectivity index (χ4n) is 1.86. The van der Waals surface area contributed by atoms with E-state index in [2.05, 4.69) is 15.9 Å². The molecule has 0 radical (unpaired) electrons. The molecule has 1 heterocycles. The van der Waals surface area contributed by atoms with Crippen molar-refractivity contribution in [3.05, 3.63) is 28.2 Å². The van der Waals surface area contributed by atoms with Crippen LogP contribution in [-0.4, -0.2) is 48.2 Å². The van der Waals surface area contributed by atoms with Crippen molar-refractivity contribution >= 4 is 26.0 Å². The van der Waals surface area contributed by atoms with Gasteiger partial charge in [-0.1, -0.05) is 15.9 Å². The Morgan fingerprint density at radius 3 is 2.33 bits per heavy atom. The van der Waals surface area contributed by atoms with Gasteiger partial charge in [-0.3, -0.25) is 0 Å². The maximum Gasteiger partial charge on any atom is 0.243 e. The summed E-state index contributed by atoms with van der Waals surface area (Å²) in [4.78, 5) is 0.171. The van der Waals surface area contributed by atoms with Crippen LogP contribution in [0.1, 0.15) is 5.56 Å². The van der Waals surface area contributed by atoms with Gasteiger partial charge in [-0.25, -0.2) is 8.42 Å². The zero-order valence-electron chi connectivity index (χ0n) is 9.75. The van der Waals surface area contributed by atoms with Crippen molar-refractivity contribution in [1.82, 2.24) is 4.31 Å². The molecule has 2 unspecified atom stereocenters. The van der Waals surface area contributed by atoms with Crippen LogP contribution < -0.4 is 0 Å². The highest BCUT2D eigenvalue weighted by Crippen LogP contribution is 2.25. The molecule has 0 bridgehead atoms. The molecule has 2 atom stereocenters. The molecule has 1 fully saturated rings. The molecule has 0 amide bonds. The molecule has 1 aliphatic rings. The van der Waals surface area contributed by atoms with Gasteiger partial charge in [0.15, 0.2) is 0 Å². The Bertz CT molecular complexity index is 550. The quantitative estimate of drug-likeness (QED) is 0.824. The highest BCUT2D eigenvalue weighted by atomic mass is 79.9. The molecule has 0 saturated carbocycles. The number of hydrogen-bond donors (Lipinski definition) is 2. The van der Waals surface area contributed by atoms with E-state index in [4.69, 9.17) is 0 Å². The monoisotopic (exact) mass is 335 g/mol. The van der Waals surface area contributed by atoms with Gasteiger partial charge in [0, 0.05) is 17.6 Å². The summed E-state index contributed by atoms with van der Waals surface area (Å²) < 4.78 is 26.5. The van der Waals surface area contributed by atoms with E-state index in [-0.39, 0.29) is 18.0 Å². The average molecular weight is 336 g/mol. The van der Waals surface area contributed by atoms with E-state index in [0.717, 1.165) is 14.3 Å². The van der Waals surface area contributed by atoms with Crippen LogP contribution in [0.4, 0.5) is 0 Å². The van der Waals surface area contributed by atoms with Gasteiger partial charge in [0.1, 0.15) is 0 Å². The molecule has 1 aliphatic heterocycles. The second-order valence-electron chi connectivity index (χ2n) is 4.37. The summed E-state index contributed by atoms with van der Waals surface area (Å²) in [6.45, 7) is 1.66. The summed E-state index contributed by atoms with van der Waals surface area (Å²) in [5.74, 6) is 0. The Balaban J connectivity index is 2.34. The Kier molecular flexibility index (Phi) is 3.80. The maximum absolute atomic E-state index is 12.3. The molecular weight excluding hydrogens is 322 g/mol. The molecule has 7 heteroatoms. The number of hydrogen-bond acceptors (Lipinski definition) is 4. The van der Waals surface area contributed by atoms with Crippen molar-refractivity contribution < 1.29 is 18.6 Å².